The summed E-state index contributed by atoms with van der Waals surface area (Å²) in [4.78, 5) is 11.9. The van der Waals surface area contributed by atoms with E-state index < -0.39 is 28.8 Å². The quantitative estimate of drug-likeness (QED) is 0.871. The molecule has 0 bridgehead atoms. The summed E-state index contributed by atoms with van der Waals surface area (Å²) in [6, 6.07) is 3.21. The molecule has 1 amide bonds. The highest BCUT2D eigenvalue weighted by molar-refractivity contribution is 6.31. The lowest BCUT2D eigenvalue weighted by Gasteiger charge is -2.14. The van der Waals surface area contributed by atoms with Crippen molar-refractivity contribution in [2.75, 3.05) is 11.9 Å². The predicted molar refractivity (Wildman–Crippen MR) is 79.3 cm³/mol. The highest BCUT2D eigenvalue weighted by Crippen LogP contribution is 2.36. The molecule has 1 aliphatic rings. The Labute approximate surface area is 136 Å². The van der Waals surface area contributed by atoms with Gasteiger partial charge in [0.1, 0.15) is 6.10 Å². The molecule has 0 radical (unpaired) electrons. The summed E-state index contributed by atoms with van der Waals surface area (Å²) >= 11 is 5.51. The molecule has 2 atom stereocenters. The number of amides is 1. The Morgan fingerprint density at radius 2 is 2.09 bits per heavy atom. The number of benzene rings is 1. The third-order valence-corrected chi connectivity index (χ3v) is 3.53. The Morgan fingerprint density at radius 1 is 1.41 bits per heavy atom. The van der Waals surface area contributed by atoms with Gasteiger partial charge >= 0.3 is 6.18 Å². The topological polar surface area (TPSA) is 64.4 Å². The van der Waals surface area contributed by atoms with Crippen molar-refractivity contribution in [1.82, 2.24) is 0 Å². The van der Waals surface area contributed by atoms with Crippen LogP contribution in [-0.2, 0) is 15.7 Å². The van der Waals surface area contributed by atoms with Crippen molar-refractivity contribution in [2.24, 2.45) is 5.73 Å². The zero-order valence-corrected chi connectivity index (χ0v) is 12.9. The molecule has 0 spiro atoms. The maximum atomic E-state index is 12.7. The smallest absolute Gasteiger partial charge is 0.364 e. The Hall–Kier alpha value is -1.02. The molecule has 2 rings (SSSR count). The second kappa shape index (κ2) is 7.50. The van der Waals surface area contributed by atoms with E-state index >= 15 is 0 Å². The molecule has 1 aromatic rings. The SMILES string of the molecule is Cl.NC[C@H]1CC[C@@H](C(=O)Nc2ccc(Cl)c(C(F)(F)F)c2)O1. The minimum atomic E-state index is -4.58. The first-order chi connectivity index (χ1) is 9.81. The van der Waals surface area contributed by atoms with Gasteiger partial charge in [-0.3, -0.25) is 4.79 Å². The summed E-state index contributed by atoms with van der Waals surface area (Å²) in [5.74, 6) is -0.485. The molecule has 0 unspecified atom stereocenters. The lowest BCUT2D eigenvalue weighted by atomic mass is 10.1. The first kappa shape index (κ1) is 19.0. The van der Waals surface area contributed by atoms with E-state index in [0.717, 1.165) is 12.1 Å². The number of rotatable bonds is 3. The maximum Gasteiger partial charge on any atom is 0.417 e. The standard InChI is InChI=1S/C13H14ClF3N2O2.ClH/c14-10-3-1-7(5-9(10)13(15,16)17)19-12(20)11-4-2-8(6-18)21-11;/h1,3,5,8,11H,2,4,6,18H2,(H,19,20);1H/t8-,11+;/m1./s1. The van der Waals surface area contributed by atoms with Crippen molar-refractivity contribution in [3.8, 4) is 0 Å². The third-order valence-electron chi connectivity index (χ3n) is 3.20. The summed E-state index contributed by atoms with van der Waals surface area (Å²) in [6.45, 7) is 0.308. The van der Waals surface area contributed by atoms with Crippen molar-refractivity contribution in [2.45, 2.75) is 31.2 Å². The molecular weight excluding hydrogens is 344 g/mol. The van der Waals surface area contributed by atoms with Gasteiger partial charge in [0.25, 0.3) is 5.91 Å². The molecule has 0 saturated carbocycles. The van der Waals surface area contributed by atoms with Crippen LogP contribution < -0.4 is 11.1 Å². The molecule has 1 aromatic carbocycles. The summed E-state index contributed by atoms with van der Waals surface area (Å²) in [5.41, 5.74) is 4.47. The van der Waals surface area contributed by atoms with Crippen molar-refractivity contribution < 1.29 is 22.7 Å². The summed E-state index contributed by atoms with van der Waals surface area (Å²) in [7, 11) is 0. The first-order valence-corrected chi connectivity index (χ1v) is 6.72. The fourth-order valence-corrected chi connectivity index (χ4v) is 2.34. The summed E-state index contributed by atoms with van der Waals surface area (Å²) < 4.78 is 43.6. The lowest BCUT2D eigenvalue weighted by Crippen LogP contribution is -2.29. The third kappa shape index (κ3) is 4.49. The van der Waals surface area contributed by atoms with Gasteiger partial charge in [-0.1, -0.05) is 11.6 Å². The van der Waals surface area contributed by atoms with E-state index in [-0.39, 0.29) is 24.2 Å². The number of anilines is 1. The molecule has 4 nitrogen and oxygen atoms in total. The van der Waals surface area contributed by atoms with E-state index in [1.165, 1.54) is 6.07 Å². The molecule has 1 saturated heterocycles. The van der Waals surface area contributed by atoms with Crippen LogP contribution in [0.3, 0.4) is 0 Å². The molecule has 124 valence electrons. The Balaban J connectivity index is 0.00000242. The number of carbonyl (C=O) groups is 1. The van der Waals surface area contributed by atoms with Gasteiger partial charge in [0.2, 0.25) is 0 Å². The number of ether oxygens (including phenoxy) is 1. The molecule has 1 fully saturated rings. The Bertz CT molecular complexity index is 541. The predicted octanol–water partition coefficient (Wildman–Crippen LogP) is 3.23. The van der Waals surface area contributed by atoms with Crippen LogP contribution in [0.4, 0.5) is 18.9 Å². The van der Waals surface area contributed by atoms with Crippen molar-refractivity contribution in [3.63, 3.8) is 0 Å². The van der Waals surface area contributed by atoms with Crippen LogP contribution in [0.5, 0.6) is 0 Å². The van der Waals surface area contributed by atoms with E-state index in [4.69, 9.17) is 22.1 Å². The number of alkyl halides is 3. The van der Waals surface area contributed by atoms with E-state index in [2.05, 4.69) is 5.32 Å². The molecule has 0 aromatic heterocycles. The van der Waals surface area contributed by atoms with E-state index in [9.17, 15) is 18.0 Å². The molecule has 1 heterocycles. The number of hydrogen-bond donors (Lipinski definition) is 2. The zero-order valence-electron chi connectivity index (χ0n) is 11.3. The second-order valence-electron chi connectivity index (χ2n) is 4.74. The van der Waals surface area contributed by atoms with Gasteiger partial charge in [0.15, 0.2) is 0 Å². The molecule has 9 heteroatoms. The van der Waals surface area contributed by atoms with Crippen LogP contribution in [0.1, 0.15) is 18.4 Å². The summed E-state index contributed by atoms with van der Waals surface area (Å²) in [5, 5.41) is 1.99. The average molecular weight is 359 g/mol. The Morgan fingerprint density at radius 3 is 2.64 bits per heavy atom. The number of hydrogen-bond acceptors (Lipinski definition) is 3. The molecule has 0 aliphatic carbocycles. The van der Waals surface area contributed by atoms with Crippen molar-refractivity contribution >= 4 is 35.6 Å². The van der Waals surface area contributed by atoms with Gasteiger partial charge in [-0.2, -0.15) is 13.2 Å². The highest BCUT2D eigenvalue weighted by atomic mass is 35.5. The van der Waals surface area contributed by atoms with Crippen LogP contribution in [0, 0.1) is 0 Å². The molecule has 3 N–H and O–H groups in total. The van der Waals surface area contributed by atoms with Crippen molar-refractivity contribution in [1.29, 1.82) is 0 Å². The minimum Gasteiger partial charge on any atom is -0.364 e. The first-order valence-electron chi connectivity index (χ1n) is 6.34. The van der Waals surface area contributed by atoms with Gasteiger partial charge < -0.3 is 15.8 Å². The molecule has 1 aliphatic heterocycles. The molecule has 22 heavy (non-hydrogen) atoms. The largest absolute Gasteiger partial charge is 0.417 e. The van der Waals surface area contributed by atoms with Crippen LogP contribution in [0.15, 0.2) is 18.2 Å². The van der Waals surface area contributed by atoms with Gasteiger partial charge in [-0.25, -0.2) is 0 Å². The minimum absolute atomic E-state index is 0. The van der Waals surface area contributed by atoms with Crippen LogP contribution in [0.2, 0.25) is 5.02 Å². The maximum absolute atomic E-state index is 12.7. The average Bonchev–Trinajstić information content (AvgIpc) is 2.88. The monoisotopic (exact) mass is 358 g/mol. The van der Waals surface area contributed by atoms with E-state index in [0.29, 0.717) is 19.4 Å². The summed E-state index contributed by atoms with van der Waals surface area (Å²) in [6.07, 6.45) is -4.30. The number of carbonyl (C=O) groups excluding carboxylic acids is 1. The van der Waals surface area contributed by atoms with Gasteiger partial charge in [0, 0.05) is 12.2 Å². The zero-order chi connectivity index (χ0) is 15.6. The normalized spacial score (nSPS) is 21.3. The number of halogens is 5. The van der Waals surface area contributed by atoms with E-state index in [1.807, 2.05) is 0 Å². The van der Waals surface area contributed by atoms with Crippen LogP contribution in [0.25, 0.3) is 0 Å². The van der Waals surface area contributed by atoms with Crippen LogP contribution >= 0.6 is 24.0 Å². The lowest BCUT2D eigenvalue weighted by molar-refractivity contribution is -0.137. The fourth-order valence-electron chi connectivity index (χ4n) is 2.11. The number of nitrogens with one attached hydrogen (secondary N) is 1. The van der Waals surface area contributed by atoms with Gasteiger partial charge in [0.05, 0.1) is 16.7 Å². The highest BCUT2D eigenvalue weighted by Gasteiger charge is 2.34. The van der Waals surface area contributed by atoms with Crippen molar-refractivity contribution in [3.05, 3.63) is 28.8 Å². The molecular formula is C13H15Cl2F3N2O2. The van der Waals surface area contributed by atoms with Gasteiger partial charge in [-0.05, 0) is 31.0 Å². The van der Waals surface area contributed by atoms with E-state index in [1.54, 1.807) is 0 Å². The second-order valence-corrected chi connectivity index (χ2v) is 5.15. The van der Waals surface area contributed by atoms with Crippen LogP contribution in [-0.4, -0.2) is 24.7 Å². The number of nitrogens with two attached hydrogens (primary N) is 1. The Kier molecular flexibility index (Phi) is 6.49. The van der Waals surface area contributed by atoms with Gasteiger partial charge in [-0.15, -0.1) is 12.4 Å². The fraction of sp³-hybridized carbons (Fsp3) is 0.462.